The number of hydrogen-bond donors (Lipinski definition) is 2. The average molecular weight is 408 g/mol. The van der Waals surface area contributed by atoms with Crippen LogP contribution in [0.4, 0.5) is 0 Å². The number of hydrazone groups is 1. The summed E-state index contributed by atoms with van der Waals surface area (Å²) in [6, 6.07) is 14.4. The number of para-hydroxylation sites is 1. The molecule has 3 aromatic rings. The molecular formula is C22H25N5OS. The molecule has 0 spiro atoms. The summed E-state index contributed by atoms with van der Waals surface area (Å²) in [5, 5.41) is 14.3. The summed E-state index contributed by atoms with van der Waals surface area (Å²) in [6.07, 6.45) is 9.69. The number of carbonyl (C=O) groups is 1. The second-order valence-electron chi connectivity index (χ2n) is 7.20. The minimum Gasteiger partial charge on any atom is -0.306 e. The average Bonchev–Trinajstić information content (AvgIpc) is 3.44. The number of aromatic nitrogens is 2. The van der Waals surface area contributed by atoms with Gasteiger partial charge in [0.25, 0.3) is 5.91 Å². The monoisotopic (exact) mass is 407 g/mol. The Morgan fingerprint density at radius 2 is 2.00 bits per heavy atom. The van der Waals surface area contributed by atoms with Crippen LogP contribution in [0.5, 0.6) is 0 Å². The SMILES string of the molecule is O=C(CNC1CCCCC1)N/N=C\c1cn(-c2ccccc2)nc1-c1cccs1. The number of amides is 1. The van der Waals surface area contributed by atoms with Crippen LogP contribution in [-0.4, -0.2) is 34.5 Å². The molecule has 0 atom stereocenters. The van der Waals surface area contributed by atoms with Crippen LogP contribution >= 0.6 is 11.3 Å². The topological polar surface area (TPSA) is 71.3 Å². The van der Waals surface area contributed by atoms with Crippen molar-refractivity contribution in [3.8, 4) is 16.3 Å². The van der Waals surface area contributed by atoms with Crippen LogP contribution in [0.25, 0.3) is 16.3 Å². The first-order valence-electron chi connectivity index (χ1n) is 10.0. The van der Waals surface area contributed by atoms with Crippen LogP contribution < -0.4 is 10.7 Å². The Morgan fingerprint density at radius 1 is 1.17 bits per heavy atom. The van der Waals surface area contributed by atoms with Gasteiger partial charge in [0.15, 0.2) is 0 Å². The smallest absolute Gasteiger partial charge is 0.254 e. The Hall–Kier alpha value is -2.77. The molecule has 2 aromatic heterocycles. The van der Waals surface area contributed by atoms with Gasteiger partial charge in [-0.25, -0.2) is 10.1 Å². The van der Waals surface area contributed by atoms with Gasteiger partial charge in [-0.05, 0) is 36.4 Å². The molecule has 1 saturated carbocycles. The van der Waals surface area contributed by atoms with E-state index in [-0.39, 0.29) is 5.91 Å². The fourth-order valence-electron chi connectivity index (χ4n) is 3.56. The molecule has 29 heavy (non-hydrogen) atoms. The van der Waals surface area contributed by atoms with E-state index in [1.165, 1.54) is 19.3 Å². The summed E-state index contributed by atoms with van der Waals surface area (Å²) in [5.74, 6) is -0.125. The van der Waals surface area contributed by atoms with E-state index in [1.54, 1.807) is 17.6 Å². The molecule has 0 saturated heterocycles. The van der Waals surface area contributed by atoms with E-state index in [0.717, 1.165) is 34.7 Å². The lowest BCUT2D eigenvalue weighted by molar-refractivity contribution is -0.120. The number of thiophene rings is 1. The van der Waals surface area contributed by atoms with Crippen molar-refractivity contribution in [3.05, 3.63) is 59.6 Å². The van der Waals surface area contributed by atoms with Gasteiger partial charge < -0.3 is 5.32 Å². The van der Waals surface area contributed by atoms with E-state index in [1.807, 2.05) is 58.7 Å². The fourth-order valence-corrected chi connectivity index (χ4v) is 4.29. The molecule has 0 bridgehead atoms. The van der Waals surface area contributed by atoms with E-state index in [4.69, 9.17) is 5.10 Å². The molecule has 0 aliphatic heterocycles. The van der Waals surface area contributed by atoms with Gasteiger partial charge in [-0.3, -0.25) is 4.79 Å². The fraction of sp³-hybridized carbons (Fsp3) is 0.318. The molecule has 0 unspecified atom stereocenters. The molecule has 6 nitrogen and oxygen atoms in total. The van der Waals surface area contributed by atoms with E-state index < -0.39 is 0 Å². The highest BCUT2D eigenvalue weighted by Crippen LogP contribution is 2.26. The van der Waals surface area contributed by atoms with Gasteiger partial charge in [-0.2, -0.15) is 10.2 Å². The van der Waals surface area contributed by atoms with Gasteiger partial charge in [0, 0.05) is 17.8 Å². The van der Waals surface area contributed by atoms with Gasteiger partial charge in [-0.15, -0.1) is 11.3 Å². The molecule has 150 valence electrons. The molecule has 0 radical (unpaired) electrons. The second kappa shape index (κ2) is 9.62. The van der Waals surface area contributed by atoms with E-state index in [2.05, 4.69) is 15.8 Å². The normalized spacial score (nSPS) is 15.0. The predicted octanol–water partition coefficient (Wildman–Crippen LogP) is 3.97. The van der Waals surface area contributed by atoms with Gasteiger partial charge >= 0.3 is 0 Å². The Labute approximate surface area is 174 Å². The second-order valence-corrected chi connectivity index (χ2v) is 8.15. The van der Waals surface area contributed by atoms with Crippen molar-refractivity contribution in [2.45, 2.75) is 38.1 Å². The number of nitrogens with zero attached hydrogens (tertiary/aromatic N) is 3. The molecule has 1 fully saturated rings. The first-order valence-corrected chi connectivity index (χ1v) is 10.9. The van der Waals surface area contributed by atoms with Gasteiger partial charge in [0.1, 0.15) is 5.69 Å². The standard InChI is InChI=1S/C22H25N5OS/c28-21(15-23-18-8-3-1-4-9-18)25-24-14-17-16-27(19-10-5-2-6-11-19)26-22(17)20-12-7-13-29-20/h2,5-7,10-14,16,18,23H,1,3-4,8-9,15H2,(H,25,28)/b24-14-. The summed E-state index contributed by atoms with van der Waals surface area (Å²) in [5.41, 5.74) is 5.31. The summed E-state index contributed by atoms with van der Waals surface area (Å²) in [7, 11) is 0. The maximum Gasteiger partial charge on any atom is 0.254 e. The highest BCUT2D eigenvalue weighted by molar-refractivity contribution is 7.13. The zero-order chi connectivity index (χ0) is 19.9. The number of rotatable bonds is 7. The first-order chi connectivity index (χ1) is 14.3. The zero-order valence-electron chi connectivity index (χ0n) is 16.3. The van der Waals surface area contributed by atoms with E-state index >= 15 is 0 Å². The van der Waals surface area contributed by atoms with Crippen LogP contribution in [0.15, 0.2) is 59.1 Å². The van der Waals surface area contributed by atoms with Gasteiger partial charge in [0.2, 0.25) is 0 Å². The first kappa shape index (κ1) is 19.5. The molecule has 2 N–H and O–H groups in total. The Kier molecular flexibility index (Phi) is 6.49. The van der Waals surface area contributed by atoms with E-state index in [0.29, 0.717) is 12.6 Å². The molecule has 4 rings (SSSR count). The highest BCUT2D eigenvalue weighted by atomic mass is 32.1. The lowest BCUT2D eigenvalue weighted by Crippen LogP contribution is -2.38. The molecular weight excluding hydrogens is 382 g/mol. The maximum absolute atomic E-state index is 12.1. The molecule has 7 heteroatoms. The third-order valence-electron chi connectivity index (χ3n) is 5.07. The molecule has 1 amide bonds. The lowest BCUT2D eigenvalue weighted by atomic mass is 9.95. The van der Waals surface area contributed by atoms with Crippen molar-refractivity contribution >= 4 is 23.5 Å². The highest BCUT2D eigenvalue weighted by Gasteiger charge is 2.14. The minimum atomic E-state index is -0.125. The molecule has 1 aromatic carbocycles. The Bertz CT molecular complexity index is 943. The molecule has 1 aliphatic carbocycles. The summed E-state index contributed by atoms with van der Waals surface area (Å²) in [6.45, 7) is 0.295. The summed E-state index contributed by atoms with van der Waals surface area (Å²) in [4.78, 5) is 13.2. The Balaban J connectivity index is 1.43. The summed E-state index contributed by atoms with van der Waals surface area (Å²) < 4.78 is 1.84. The van der Waals surface area contributed by atoms with Crippen LogP contribution in [0, 0.1) is 0 Å². The largest absolute Gasteiger partial charge is 0.306 e. The third-order valence-corrected chi connectivity index (χ3v) is 5.94. The zero-order valence-corrected chi connectivity index (χ0v) is 17.1. The maximum atomic E-state index is 12.1. The van der Waals surface area contributed by atoms with Crippen molar-refractivity contribution in [3.63, 3.8) is 0 Å². The van der Waals surface area contributed by atoms with Crippen molar-refractivity contribution in [2.24, 2.45) is 5.10 Å². The summed E-state index contributed by atoms with van der Waals surface area (Å²) >= 11 is 1.63. The number of carbonyl (C=O) groups excluding carboxylic acids is 1. The van der Waals surface area contributed by atoms with Crippen molar-refractivity contribution in [1.29, 1.82) is 0 Å². The molecule has 1 aliphatic rings. The van der Waals surface area contributed by atoms with Gasteiger partial charge in [-0.1, -0.05) is 43.5 Å². The quantitative estimate of drug-likeness (QED) is 0.460. The van der Waals surface area contributed by atoms with Crippen molar-refractivity contribution in [2.75, 3.05) is 6.54 Å². The lowest BCUT2D eigenvalue weighted by Gasteiger charge is -2.22. The number of benzene rings is 1. The predicted molar refractivity (Wildman–Crippen MR) is 117 cm³/mol. The molecule has 2 heterocycles. The van der Waals surface area contributed by atoms with Gasteiger partial charge in [0.05, 0.1) is 23.3 Å². The Morgan fingerprint density at radius 3 is 2.76 bits per heavy atom. The van der Waals surface area contributed by atoms with Crippen LogP contribution in [0.2, 0.25) is 0 Å². The van der Waals surface area contributed by atoms with Crippen molar-refractivity contribution < 1.29 is 4.79 Å². The van der Waals surface area contributed by atoms with Crippen molar-refractivity contribution in [1.82, 2.24) is 20.5 Å². The van der Waals surface area contributed by atoms with E-state index in [9.17, 15) is 4.79 Å². The van der Waals surface area contributed by atoms with Crippen LogP contribution in [0.1, 0.15) is 37.7 Å². The number of nitrogens with one attached hydrogen (secondary N) is 2. The minimum absolute atomic E-state index is 0.125. The van der Waals surface area contributed by atoms with Crippen LogP contribution in [0.3, 0.4) is 0 Å². The number of hydrogen-bond acceptors (Lipinski definition) is 5. The van der Waals surface area contributed by atoms with Crippen LogP contribution in [-0.2, 0) is 4.79 Å². The third kappa shape index (κ3) is 5.19.